The van der Waals surface area contributed by atoms with Crippen molar-refractivity contribution in [1.29, 1.82) is 0 Å². The number of fused-ring (bicyclic) bond motifs is 2. The summed E-state index contributed by atoms with van der Waals surface area (Å²) in [5.74, 6) is 0.206. The van der Waals surface area contributed by atoms with Crippen LogP contribution in [0.1, 0.15) is 35.4 Å². The molecule has 0 radical (unpaired) electrons. The molecule has 1 amide bonds. The van der Waals surface area contributed by atoms with Gasteiger partial charge in [-0.15, -0.1) is 11.3 Å². The largest absolute Gasteiger partial charge is 0.495 e. The molecule has 1 aromatic heterocycles. The lowest BCUT2D eigenvalue weighted by Crippen LogP contribution is -2.40. The summed E-state index contributed by atoms with van der Waals surface area (Å²) in [5.41, 5.74) is 2.54. The first-order chi connectivity index (χ1) is 15.4. The molecule has 0 saturated heterocycles. The molecule has 1 spiro atoms. The van der Waals surface area contributed by atoms with Gasteiger partial charge >= 0.3 is 0 Å². The number of sulfonamides is 1. The highest BCUT2D eigenvalue weighted by Crippen LogP contribution is 2.54. The first-order valence-electron chi connectivity index (χ1n) is 10.1. The zero-order valence-electron chi connectivity index (χ0n) is 17.3. The van der Waals surface area contributed by atoms with Gasteiger partial charge in [0.15, 0.2) is 0 Å². The second-order valence-electron chi connectivity index (χ2n) is 7.91. The van der Waals surface area contributed by atoms with Gasteiger partial charge in [0.2, 0.25) is 5.91 Å². The Morgan fingerprint density at radius 3 is 2.72 bits per heavy atom. The second-order valence-corrected chi connectivity index (χ2v) is 10.5. The summed E-state index contributed by atoms with van der Waals surface area (Å²) in [4.78, 5) is 17.3. The monoisotopic (exact) mass is 467 g/mol. The van der Waals surface area contributed by atoms with Crippen molar-refractivity contribution in [3.63, 3.8) is 0 Å². The van der Waals surface area contributed by atoms with Crippen LogP contribution in [0.25, 0.3) is 5.57 Å². The Hall–Kier alpha value is -3.17. The van der Waals surface area contributed by atoms with Gasteiger partial charge in [-0.3, -0.25) is 9.52 Å². The molecule has 0 bridgehead atoms. The van der Waals surface area contributed by atoms with Crippen LogP contribution >= 0.6 is 11.3 Å². The molecule has 164 valence electrons. The van der Waals surface area contributed by atoms with E-state index in [1.54, 1.807) is 36.5 Å². The summed E-state index contributed by atoms with van der Waals surface area (Å²) in [6.45, 7) is 4.18. The summed E-state index contributed by atoms with van der Waals surface area (Å²) >= 11 is 1.43. The van der Waals surface area contributed by atoms with Crippen LogP contribution in [0, 0.1) is 0 Å². The number of amides is 1. The van der Waals surface area contributed by atoms with Crippen molar-refractivity contribution in [1.82, 2.24) is 4.98 Å². The Labute approximate surface area is 190 Å². The van der Waals surface area contributed by atoms with E-state index >= 15 is 0 Å². The number of ether oxygens (including phenoxy) is 1. The number of thiazole rings is 1. The van der Waals surface area contributed by atoms with Crippen LogP contribution in [-0.4, -0.2) is 26.4 Å². The number of rotatable bonds is 6. The minimum Gasteiger partial charge on any atom is -0.495 e. The molecule has 0 unspecified atom stereocenters. The molecule has 2 heterocycles. The third-order valence-electron chi connectivity index (χ3n) is 6.16. The molecule has 2 N–H and O–H groups in total. The number of hydrogen-bond acceptors (Lipinski definition) is 6. The molecular formula is C23H21N3O4S2. The van der Waals surface area contributed by atoms with Gasteiger partial charge in [0.25, 0.3) is 10.0 Å². The third kappa shape index (κ3) is 3.11. The smallest absolute Gasteiger partial charge is 0.265 e. The van der Waals surface area contributed by atoms with E-state index in [1.807, 2.05) is 5.38 Å². The third-order valence-corrected chi connectivity index (χ3v) is 8.41. The van der Waals surface area contributed by atoms with Crippen molar-refractivity contribution in [2.75, 3.05) is 17.1 Å². The number of nitrogens with one attached hydrogen (secondary N) is 2. The molecule has 1 saturated carbocycles. The first kappa shape index (κ1) is 20.7. The zero-order valence-corrected chi connectivity index (χ0v) is 19.0. The molecule has 32 heavy (non-hydrogen) atoms. The Balaban J connectivity index is 1.63. The topological polar surface area (TPSA) is 97.4 Å². The van der Waals surface area contributed by atoms with Crippen LogP contribution < -0.4 is 14.8 Å². The standard InChI is InChI=1S/C23H21N3O4S2/c1-14(21-24-10-11-31-21)16-12-15(13-17-20(16)25-22(27)23(17)8-5-9-23)26-32(28,29)19-7-4-3-6-18(19)30-2/h3-4,6-7,10-13,26H,1,5,8-9H2,2H3,(H,25,27). The number of para-hydroxylation sites is 1. The molecule has 7 nitrogen and oxygen atoms in total. The molecule has 5 rings (SSSR count). The van der Waals surface area contributed by atoms with E-state index in [4.69, 9.17) is 4.74 Å². The summed E-state index contributed by atoms with van der Waals surface area (Å²) in [6.07, 6.45) is 4.11. The number of carbonyl (C=O) groups is 1. The summed E-state index contributed by atoms with van der Waals surface area (Å²) < 4.78 is 34.3. The van der Waals surface area contributed by atoms with Gasteiger partial charge in [0.1, 0.15) is 15.7 Å². The average Bonchev–Trinajstić information content (AvgIpc) is 3.38. The minimum atomic E-state index is -3.93. The fourth-order valence-corrected chi connectivity index (χ4v) is 6.21. The van der Waals surface area contributed by atoms with Crippen molar-refractivity contribution in [2.45, 2.75) is 29.6 Å². The SMILES string of the molecule is C=C(c1nccs1)c1cc(NS(=O)(=O)c2ccccc2OC)cc2c1NC(=O)C21CCC1. The Morgan fingerprint density at radius 1 is 1.28 bits per heavy atom. The lowest BCUT2D eigenvalue weighted by molar-refractivity contribution is -0.123. The predicted octanol–water partition coefficient (Wildman–Crippen LogP) is 4.39. The predicted molar refractivity (Wildman–Crippen MR) is 125 cm³/mol. The number of carbonyl (C=O) groups excluding carboxylic acids is 1. The van der Waals surface area contributed by atoms with E-state index in [2.05, 4.69) is 21.6 Å². The number of aromatic nitrogens is 1. The number of nitrogens with zero attached hydrogens (tertiary/aromatic N) is 1. The van der Waals surface area contributed by atoms with Crippen LogP contribution in [0.5, 0.6) is 5.75 Å². The van der Waals surface area contributed by atoms with Crippen LogP contribution in [0.3, 0.4) is 0 Å². The van der Waals surface area contributed by atoms with Crippen molar-refractivity contribution in [3.8, 4) is 5.75 Å². The lowest BCUT2D eigenvalue weighted by atomic mass is 9.65. The van der Waals surface area contributed by atoms with Gasteiger partial charge < -0.3 is 10.1 Å². The Bertz CT molecular complexity index is 1340. The Morgan fingerprint density at radius 2 is 2.06 bits per heavy atom. The van der Waals surface area contributed by atoms with Crippen molar-refractivity contribution in [2.24, 2.45) is 0 Å². The van der Waals surface area contributed by atoms with Crippen LogP contribution in [-0.2, 0) is 20.2 Å². The van der Waals surface area contributed by atoms with E-state index in [1.165, 1.54) is 24.5 Å². The number of hydrogen-bond donors (Lipinski definition) is 2. The lowest BCUT2D eigenvalue weighted by Gasteiger charge is -2.36. The number of benzene rings is 2. The maximum atomic E-state index is 13.2. The molecular weight excluding hydrogens is 446 g/mol. The zero-order chi connectivity index (χ0) is 22.5. The van der Waals surface area contributed by atoms with Crippen LogP contribution in [0.15, 0.2) is 59.4 Å². The summed E-state index contributed by atoms with van der Waals surface area (Å²) in [7, 11) is -2.50. The highest BCUT2D eigenvalue weighted by atomic mass is 32.2. The van der Waals surface area contributed by atoms with Gasteiger partial charge in [-0.25, -0.2) is 13.4 Å². The summed E-state index contributed by atoms with van der Waals surface area (Å²) in [5, 5.41) is 5.58. The number of anilines is 2. The van der Waals surface area contributed by atoms with E-state index in [0.717, 1.165) is 24.8 Å². The maximum Gasteiger partial charge on any atom is 0.265 e. The van der Waals surface area contributed by atoms with Crippen LogP contribution in [0.4, 0.5) is 11.4 Å². The fourth-order valence-electron chi connectivity index (χ4n) is 4.37. The van der Waals surface area contributed by atoms with Gasteiger partial charge in [-0.05, 0) is 42.7 Å². The molecule has 3 aromatic rings. The molecule has 1 aliphatic heterocycles. The quantitative estimate of drug-likeness (QED) is 0.560. The molecule has 1 aliphatic carbocycles. The highest BCUT2D eigenvalue weighted by molar-refractivity contribution is 7.92. The van der Waals surface area contributed by atoms with E-state index in [-0.39, 0.29) is 16.6 Å². The fraction of sp³-hybridized carbons (Fsp3) is 0.217. The molecule has 9 heteroatoms. The highest BCUT2D eigenvalue weighted by Gasteiger charge is 2.52. The average molecular weight is 468 g/mol. The maximum absolute atomic E-state index is 13.2. The molecule has 2 aromatic carbocycles. The van der Waals surface area contributed by atoms with Crippen molar-refractivity contribution >= 4 is 44.2 Å². The number of methoxy groups -OCH3 is 1. The first-order valence-corrected chi connectivity index (χ1v) is 12.5. The van der Waals surface area contributed by atoms with Gasteiger partial charge in [-0.1, -0.05) is 25.1 Å². The molecule has 1 fully saturated rings. The molecule has 2 aliphatic rings. The minimum absolute atomic E-state index is 0.0378. The van der Waals surface area contributed by atoms with E-state index in [0.29, 0.717) is 27.5 Å². The van der Waals surface area contributed by atoms with Crippen LogP contribution in [0.2, 0.25) is 0 Å². The normalized spacial score (nSPS) is 16.2. The van der Waals surface area contributed by atoms with Crippen molar-refractivity contribution < 1.29 is 17.9 Å². The molecule has 0 atom stereocenters. The van der Waals surface area contributed by atoms with E-state index in [9.17, 15) is 13.2 Å². The van der Waals surface area contributed by atoms with Gasteiger partial charge in [-0.2, -0.15) is 0 Å². The summed E-state index contributed by atoms with van der Waals surface area (Å²) in [6, 6.07) is 9.90. The Kier molecular flexibility index (Phi) is 4.83. The second kappa shape index (κ2) is 7.46. The van der Waals surface area contributed by atoms with E-state index < -0.39 is 15.4 Å². The van der Waals surface area contributed by atoms with Crippen molar-refractivity contribution in [3.05, 3.63) is 70.7 Å². The van der Waals surface area contributed by atoms with Gasteiger partial charge in [0, 0.05) is 28.4 Å². The van der Waals surface area contributed by atoms with Gasteiger partial charge in [0.05, 0.1) is 18.2 Å².